The van der Waals surface area contributed by atoms with Gasteiger partial charge in [-0.15, -0.1) is 0 Å². The summed E-state index contributed by atoms with van der Waals surface area (Å²) in [5, 5.41) is 0. The first-order chi connectivity index (χ1) is 47.1. The third-order valence-electron chi connectivity index (χ3n) is 28.5. The second-order valence-electron chi connectivity index (χ2n) is 37.3. The molecular formula is C84H136O16. The summed E-state index contributed by atoms with van der Waals surface area (Å²) in [5.74, 6) is 1.65. The molecule has 568 valence electrons. The standard InChI is InChI=1S/C22H36O4.2C21H34O4.C20H32O4/c1-5-21(3,4)20(24)25-18-14-15-12-16(18)17(13-15)19(23)26-22(6-2)10-8-7-9-11-22;1-5-20(2,3)19(23)24-17-13-14-11-15(17)16(12-14)18(22)25-21(4)9-7-6-8-10-21;1-5-20(3,4)19(23)24-17-13-14-11-15(17)16(12-14)18(22)25-21(6-2)9-7-8-10-21;1-5-19(2,3)18(22)23-16-12-13-10-14(16)15(11-13)17(21)24-20(4)8-6-7-9-20/h15-18H,5-14H2,1-4H3;2*14-17H,5-13H2,1-4H3;13-16H,5-12H2,1-4H3. The van der Waals surface area contributed by atoms with E-state index in [4.69, 9.17) is 37.9 Å². The molecule has 0 aromatic rings. The van der Waals surface area contributed by atoms with Crippen molar-refractivity contribution < 1.29 is 76.3 Å². The third kappa shape index (κ3) is 18.7. The van der Waals surface area contributed by atoms with Gasteiger partial charge in [0.25, 0.3) is 0 Å². The maximum Gasteiger partial charge on any atom is 0.311 e. The lowest BCUT2D eigenvalue weighted by Gasteiger charge is -2.38. The molecule has 12 aliphatic carbocycles. The molecule has 12 saturated carbocycles. The lowest BCUT2D eigenvalue weighted by atomic mass is 9.81. The van der Waals surface area contributed by atoms with Crippen LogP contribution >= 0.6 is 0 Å². The van der Waals surface area contributed by atoms with Crippen LogP contribution in [0.25, 0.3) is 0 Å². The van der Waals surface area contributed by atoms with E-state index in [1.54, 1.807) is 0 Å². The number of rotatable bonds is 22. The molecule has 0 spiro atoms. The zero-order valence-electron chi connectivity index (χ0n) is 65.2. The predicted octanol–water partition coefficient (Wildman–Crippen LogP) is 18.6. The Bertz CT molecular complexity index is 2820. The van der Waals surface area contributed by atoms with Crippen molar-refractivity contribution in [3.8, 4) is 0 Å². The lowest BCUT2D eigenvalue weighted by molar-refractivity contribution is -0.177. The predicted molar refractivity (Wildman–Crippen MR) is 383 cm³/mol. The summed E-state index contributed by atoms with van der Waals surface area (Å²) in [6.07, 6.45) is 35.3. The van der Waals surface area contributed by atoms with Crippen LogP contribution in [0.4, 0.5) is 0 Å². The maximum absolute atomic E-state index is 13.0. The molecule has 0 amide bonds. The number of fused-ring (bicyclic) bond motifs is 8. The van der Waals surface area contributed by atoms with Crippen LogP contribution in [0.5, 0.6) is 0 Å². The lowest BCUT2D eigenvalue weighted by Crippen LogP contribution is -2.42. The van der Waals surface area contributed by atoms with Crippen molar-refractivity contribution in [3.05, 3.63) is 0 Å². The number of hydrogen-bond acceptors (Lipinski definition) is 16. The van der Waals surface area contributed by atoms with E-state index in [0.717, 1.165) is 218 Å². The van der Waals surface area contributed by atoms with E-state index >= 15 is 0 Å². The molecule has 0 aromatic carbocycles. The van der Waals surface area contributed by atoms with Gasteiger partial charge < -0.3 is 37.9 Å². The molecule has 0 aliphatic heterocycles. The zero-order valence-corrected chi connectivity index (χ0v) is 65.2. The first-order valence-electron chi connectivity index (χ1n) is 40.8. The van der Waals surface area contributed by atoms with Crippen LogP contribution in [0.2, 0.25) is 0 Å². The van der Waals surface area contributed by atoms with Crippen LogP contribution in [0, 0.1) is 92.7 Å². The van der Waals surface area contributed by atoms with Gasteiger partial charge >= 0.3 is 47.8 Å². The van der Waals surface area contributed by atoms with Gasteiger partial charge in [0.2, 0.25) is 0 Å². The Hall–Kier alpha value is -4.24. The molecule has 16 heteroatoms. The van der Waals surface area contributed by atoms with E-state index in [9.17, 15) is 38.4 Å². The third-order valence-corrected chi connectivity index (χ3v) is 28.5. The van der Waals surface area contributed by atoms with E-state index in [1.807, 2.05) is 83.1 Å². The minimum absolute atomic E-state index is 0.0308. The van der Waals surface area contributed by atoms with Gasteiger partial charge in [0.15, 0.2) is 0 Å². The normalized spacial score (nSPS) is 33.7. The number of carbonyl (C=O) groups is 8. The first-order valence-corrected chi connectivity index (χ1v) is 40.8. The van der Waals surface area contributed by atoms with E-state index in [0.29, 0.717) is 23.7 Å². The average molecular weight is 1400 g/mol. The van der Waals surface area contributed by atoms with Crippen LogP contribution in [0.1, 0.15) is 342 Å². The highest BCUT2D eigenvalue weighted by Gasteiger charge is 2.58. The van der Waals surface area contributed by atoms with Crippen LogP contribution in [0.3, 0.4) is 0 Å². The highest BCUT2D eigenvalue weighted by atomic mass is 16.6. The molecule has 100 heavy (non-hydrogen) atoms. The van der Waals surface area contributed by atoms with Crippen LogP contribution in [-0.4, -0.2) is 94.6 Å². The largest absolute Gasteiger partial charge is 0.462 e. The minimum atomic E-state index is -0.452. The Balaban J connectivity index is 0.000000156. The number of hydrogen-bond donors (Lipinski definition) is 0. The molecule has 16 nitrogen and oxygen atoms in total. The molecule has 0 heterocycles. The topological polar surface area (TPSA) is 210 Å². The molecule has 0 aromatic heterocycles. The van der Waals surface area contributed by atoms with Crippen molar-refractivity contribution in [1.29, 1.82) is 0 Å². The van der Waals surface area contributed by atoms with Crippen molar-refractivity contribution >= 4 is 47.8 Å². The Morgan fingerprint density at radius 3 is 0.720 bits per heavy atom. The fourth-order valence-electron chi connectivity index (χ4n) is 19.6. The van der Waals surface area contributed by atoms with Gasteiger partial charge in [0.1, 0.15) is 46.8 Å². The van der Waals surface area contributed by atoms with E-state index < -0.39 is 21.7 Å². The molecule has 0 saturated heterocycles. The van der Waals surface area contributed by atoms with E-state index in [1.165, 1.54) is 12.8 Å². The Labute approximate surface area is 602 Å². The molecule has 12 rings (SSSR count). The fraction of sp³-hybridized carbons (Fsp3) is 0.905. The summed E-state index contributed by atoms with van der Waals surface area (Å²) in [6.45, 7) is 31.9. The Morgan fingerprint density at radius 2 is 0.500 bits per heavy atom. The molecular weight excluding hydrogens is 1260 g/mol. The summed E-state index contributed by atoms with van der Waals surface area (Å²) >= 11 is 0. The van der Waals surface area contributed by atoms with Gasteiger partial charge in [-0.1, -0.05) is 54.4 Å². The summed E-state index contributed by atoms with van der Waals surface area (Å²) < 4.78 is 47.5. The van der Waals surface area contributed by atoms with Crippen LogP contribution in [-0.2, 0) is 76.3 Å². The van der Waals surface area contributed by atoms with Crippen molar-refractivity contribution in [2.45, 2.75) is 389 Å². The molecule has 0 N–H and O–H groups in total. The summed E-state index contributed by atoms with van der Waals surface area (Å²) in [4.78, 5) is 101. The smallest absolute Gasteiger partial charge is 0.311 e. The Kier molecular flexibility index (Phi) is 26.1. The summed E-state index contributed by atoms with van der Waals surface area (Å²) in [6, 6.07) is 0. The fourth-order valence-corrected chi connectivity index (χ4v) is 19.6. The highest BCUT2D eigenvalue weighted by molar-refractivity contribution is 5.80. The van der Waals surface area contributed by atoms with Crippen molar-refractivity contribution in [2.75, 3.05) is 0 Å². The molecule has 12 aliphatic rings. The number of carbonyl (C=O) groups excluding carboxylic acids is 8. The van der Waals surface area contributed by atoms with Gasteiger partial charge in [-0.2, -0.15) is 0 Å². The average Bonchev–Trinajstić information content (AvgIpc) is 1.64. The van der Waals surface area contributed by atoms with Crippen molar-refractivity contribution in [3.63, 3.8) is 0 Å². The zero-order chi connectivity index (χ0) is 73.0. The van der Waals surface area contributed by atoms with Gasteiger partial charge in [-0.05, 0) is 311 Å². The van der Waals surface area contributed by atoms with Gasteiger partial charge in [0.05, 0.1) is 45.3 Å². The molecule has 12 fully saturated rings. The van der Waals surface area contributed by atoms with Gasteiger partial charge in [-0.25, -0.2) is 0 Å². The quantitative estimate of drug-likeness (QED) is 0.0729. The van der Waals surface area contributed by atoms with Crippen molar-refractivity contribution in [1.82, 2.24) is 0 Å². The van der Waals surface area contributed by atoms with E-state index in [-0.39, 0.29) is 142 Å². The minimum Gasteiger partial charge on any atom is -0.462 e. The summed E-state index contributed by atoms with van der Waals surface area (Å²) in [7, 11) is 0. The maximum atomic E-state index is 13.0. The highest BCUT2D eigenvalue weighted by Crippen LogP contribution is 2.56. The monoisotopic (exact) mass is 1400 g/mol. The van der Waals surface area contributed by atoms with Crippen LogP contribution in [0.15, 0.2) is 0 Å². The molecule has 16 unspecified atom stereocenters. The van der Waals surface area contributed by atoms with Crippen LogP contribution < -0.4 is 0 Å². The molecule has 16 atom stereocenters. The number of ether oxygens (including phenoxy) is 8. The van der Waals surface area contributed by atoms with Gasteiger partial charge in [0, 0.05) is 23.7 Å². The second kappa shape index (κ2) is 32.6. The second-order valence-corrected chi connectivity index (χ2v) is 37.3. The van der Waals surface area contributed by atoms with E-state index in [2.05, 4.69) is 27.7 Å². The van der Waals surface area contributed by atoms with Crippen molar-refractivity contribution in [2.24, 2.45) is 92.7 Å². The first kappa shape index (κ1) is 79.9. The Morgan fingerprint density at radius 1 is 0.290 bits per heavy atom. The van der Waals surface area contributed by atoms with Gasteiger partial charge in [-0.3, -0.25) is 38.4 Å². The summed E-state index contributed by atoms with van der Waals surface area (Å²) in [5.41, 5.74) is -2.82. The number of esters is 8. The molecule has 0 radical (unpaired) electrons. The molecule has 8 bridgehead atoms. The SMILES string of the molecule is CCC(C)(C)C(=O)OC1CC2CC(C(=O)OC3(C)CCCC3)C1C2.CCC(C)(C)C(=O)OC1CC2CC(C(=O)OC3(C)CCCCC3)C1C2.CCC1(OC(=O)C2CC3CC(OC(=O)C(C)(C)CC)C2C3)CCCC1.CCC1(OC(=O)C2CC3CC(OC(=O)C(C)(C)CC)C2C3)CCCCC1.